The zero-order chi connectivity index (χ0) is 14.4. The van der Waals surface area contributed by atoms with E-state index in [1.807, 2.05) is 19.9 Å². The molecule has 0 spiro atoms. The van der Waals surface area contributed by atoms with Crippen LogP contribution >= 0.6 is 0 Å². The maximum atomic E-state index is 11.0. The summed E-state index contributed by atoms with van der Waals surface area (Å²) in [4.78, 5) is 13.1. The van der Waals surface area contributed by atoms with Crippen molar-refractivity contribution in [1.29, 1.82) is 0 Å². The minimum absolute atomic E-state index is 0.190. The lowest BCUT2D eigenvalue weighted by molar-refractivity contribution is -0.385. The third kappa shape index (κ3) is 1.97. The van der Waals surface area contributed by atoms with Crippen molar-refractivity contribution in [3.05, 3.63) is 33.4 Å². The van der Waals surface area contributed by atoms with Crippen LogP contribution in [0.2, 0.25) is 0 Å². The van der Waals surface area contributed by atoms with Crippen molar-refractivity contribution in [2.45, 2.75) is 57.7 Å². The number of nitro benzene ring substituents is 1. The molecule has 108 valence electrons. The molecule has 0 saturated carbocycles. The second-order valence-corrected chi connectivity index (χ2v) is 6.03. The zero-order valence-corrected chi connectivity index (χ0v) is 11.9. The van der Waals surface area contributed by atoms with Gasteiger partial charge >= 0.3 is 0 Å². The zero-order valence-electron chi connectivity index (χ0n) is 11.9. The van der Waals surface area contributed by atoms with Gasteiger partial charge < -0.3 is 10.0 Å². The second kappa shape index (κ2) is 4.74. The number of aliphatic hydroxyl groups excluding tert-OH is 1. The first-order valence-electron chi connectivity index (χ1n) is 7.20. The monoisotopic (exact) mass is 276 g/mol. The molecule has 5 nitrogen and oxygen atoms in total. The van der Waals surface area contributed by atoms with E-state index in [2.05, 4.69) is 4.90 Å². The van der Waals surface area contributed by atoms with E-state index in [0.717, 1.165) is 42.5 Å². The highest BCUT2D eigenvalue weighted by Crippen LogP contribution is 2.42. The lowest BCUT2D eigenvalue weighted by atomic mass is 9.96. The third-order valence-corrected chi connectivity index (χ3v) is 4.91. The second-order valence-electron chi connectivity index (χ2n) is 6.03. The lowest BCUT2D eigenvalue weighted by Gasteiger charge is -2.40. The number of rotatable bonds is 2. The van der Waals surface area contributed by atoms with Crippen molar-refractivity contribution in [3.63, 3.8) is 0 Å². The van der Waals surface area contributed by atoms with Gasteiger partial charge in [0.05, 0.1) is 11.0 Å². The van der Waals surface area contributed by atoms with E-state index in [1.54, 1.807) is 6.07 Å². The summed E-state index contributed by atoms with van der Waals surface area (Å²) in [6, 6.07) is 4.25. The molecular weight excluding hydrogens is 256 g/mol. The Labute approximate surface area is 118 Å². The van der Waals surface area contributed by atoms with Crippen LogP contribution in [0.1, 0.15) is 36.8 Å². The Bertz CT molecular complexity index is 544. The normalized spacial score (nSPS) is 28.8. The van der Waals surface area contributed by atoms with Crippen LogP contribution in [-0.4, -0.2) is 28.2 Å². The summed E-state index contributed by atoms with van der Waals surface area (Å²) in [7, 11) is 0. The molecule has 0 radical (unpaired) electrons. The topological polar surface area (TPSA) is 66.6 Å². The summed E-state index contributed by atoms with van der Waals surface area (Å²) in [5, 5.41) is 20.9. The number of hydrogen-bond acceptors (Lipinski definition) is 4. The number of aliphatic hydroxyl groups is 1. The maximum Gasteiger partial charge on any atom is 0.272 e. The van der Waals surface area contributed by atoms with Crippen molar-refractivity contribution in [2.24, 2.45) is 0 Å². The molecule has 2 aliphatic rings. The Balaban J connectivity index is 2.00. The number of benzene rings is 1. The number of fused-ring (bicyclic) bond motifs is 2. The first-order chi connectivity index (χ1) is 9.49. The van der Waals surface area contributed by atoms with Gasteiger partial charge in [0.2, 0.25) is 0 Å². The molecule has 2 aliphatic heterocycles. The fourth-order valence-corrected chi connectivity index (χ4v) is 3.81. The molecule has 0 amide bonds. The molecule has 3 rings (SSSR count). The lowest BCUT2D eigenvalue weighted by Crippen LogP contribution is -2.45. The van der Waals surface area contributed by atoms with E-state index in [1.165, 1.54) is 0 Å². The molecule has 1 unspecified atom stereocenters. The van der Waals surface area contributed by atoms with Crippen LogP contribution in [0.4, 0.5) is 11.4 Å². The highest BCUT2D eigenvalue weighted by molar-refractivity contribution is 5.63. The van der Waals surface area contributed by atoms with Gasteiger partial charge in [0.25, 0.3) is 5.69 Å². The standard InChI is InChI=1S/C15H20N2O3/c1-9-10(2)15(17(19)20)6-5-14(9)16-11-3-4-12(16)8-13(18)7-11/h5-6,11-13,18H,3-4,7-8H2,1-2H3/t11-,12+,13?. The molecule has 2 saturated heterocycles. The molecule has 1 aromatic rings. The predicted octanol–water partition coefficient (Wildman–Crippen LogP) is 2.70. The number of anilines is 1. The van der Waals surface area contributed by atoms with E-state index >= 15 is 0 Å². The van der Waals surface area contributed by atoms with Gasteiger partial charge in [-0.1, -0.05) is 0 Å². The first-order valence-corrected chi connectivity index (χ1v) is 7.20. The van der Waals surface area contributed by atoms with Crippen LogP contribution in [0.25, 0.3) is 0 Å². The molecule has 2 fully saturated rings. The van der Waals surface area contributed by atoms with E-state index in [4.69, 9.17) is 0 Å². The largest absolute Gasteiger partial charge is 0.393 e. The Morgan fingerprint density at radius 2 is 1.80 bits per heavy atom. The van der Waals surface area contributed by atoms with Gasteiger partial charge in [0.15, 0.2) is 0 Å². The van der Waals surface area contributed by atoms with Crippen molar-refractivity contribution < 1.29 is 10.0 Å². The molecule has 1 aromatic carbocycles. The van der Waals surface area contributed by atoms with Gasteiger partial charge in [0, 0.05) is 29.4 Å². The molecule has 1 N–H and O–H groups in total. The van der Waals surface area contributed by atoms with Crippen LogP contribution in [0.5, 0.6) is 0 Å². The number of hydrogen-bond donors (Lipinski definition) is 1. The Kier molecular flexibility index (Phi) is 3.17. The number of nitrogens with zero attached hydrogens (tertiary/aromatic N) is 2. The number of nitro groups is 1. The highest BCUT2D eigenvalue weighted by Gasteiger charge is 2.41. The molecule has 20 heavy (non-hydrogen) atoms. The van der Waals surface area contributed by atoms with Gasteiger partial charge in [-0.15, -0.1) is 0 Å². The fourth-order valence-electron chi connectivity index (χ4n) is 3.81. The van der Waals surface area contributed by atoms with E-state index in [9.17, 15) is 15.2 Å². The minimum atomic E-state index is -0.319. The summed E-state index contributed by atoms with van der Waals surface area (Å²) in [5.41, 5.74) is 3.04. The van der Waals surface area contributed by atoms with Gasteiger partial charge in [-0.05, 0) is 51.2 Å². The molecular formula is C15H20N2O3. The van der Waals surface area contributed by atoms with Crippen LogP contribution in [0, 0.1) is 24.0 Å². The SMILES string of the molecule is Cc1c(N2[C@@H]3CC[C@H]2CC(O)C3)ccc([N+](=O)[O-])c1C. The molecule has 2 heterocycles. The van der Waals surface area contributed by atoms with Crippen molar-refractivity contribution in [1.82, 2.24) is 0 Å². The Hall–Kier alpha value is -1.62. The van der Waals surface area contributed by atoms with Gasteiger partial charge in [-0.2, -0.15) is 0 Å². The summed E-state index contributed by atoms with van der Waals surface area (Å²) in [5.74, 6) is 0. The minimum Gasteiger partial charge on any atom is -0.393 e. The quantitative estimate of drug-likeness (QED) is 0.666. The van der Waals surface area contributed by atoms with Crippen LogP contribution in [0.15, 0.2) is 12.1 Å². The van der Waals surface area contributed by atoms with Gasteiger partial charge in [-0.3, -0.25) is 10.1 Å². The third-order valence-electron chi connectivity index (χ3n) is 4.91. The van der Waals surface area contributed by atoms with Crippen molar-refractivity contribution in [2.75, 3.05) is 4.90 Å². The van der Waals surface area contributed by atoms with Crippen LogP contribution in [-0.2, 0) is 0 Å². The Morgan fingerprint density at radius 1 is 1.20 bits per heavy atom. The van der Waals surface area contributed by atoms with Gasteiger partial charge in [0.1, 0.15) is 0 Å². The molecule has 0 aromatic heterocycles. The summed E-state index contributed by atoms with van der Waals surface area (Å²) >= 11 is 0. The average Bonchev–Trinajstić information content (AvgIpc) is 2.65. The van der Waals surface area contributed by atoms with Crippen molar-refractivity contribution >= 4 is 11.4 Å². The smallest absolute Gasteiger partial charge is 0.272 e. The number of piperidine rings is 1. The molecule has 2 bridgehead atoms. The van der Waals surface area contributed by atoms with Crippen molar-refractivity contribution in [3.8, 4) is 0 Å². The highest BCUT2D eigenvalue weighted by atomic mass is 16.6. The van der Waals surface area contributed by atoms with E-state index < -0.39 is 0 Å². The maximum absolute atomic E-state index is 11.0. The molecule has 0 aliphatic carbocycles. The first kappa shape index (κ1) is 13.4. The van der Waals surface area contributed by atoms with Gasteiger partial charge in [-0.25, -0.2) is 0 Å². The fraction of sp³-hybridized carbons (Fsp3) is 0.600. The summed E-state index contributed by atoms with van der Waals surface area (Å²) < 4.78 is 0. The molecule has 3 atom stereocenters. The predicted molar refractivity (Wildman–Crippen MR) is 77.1 cm³/mol. The van der Waals surface area contributed by atoms with Crippen LogP contribution < -0.4 is 4.90 Å². The van der Waals surface area contributed by atoms with Crippen LogP contribution in [0.3, 0.4) is 0 Å². The summed E-state index contributed by atoms with van der Waals surface area (Å²) in [6.45, 7) is 3.78. The summed E-state index contributed by atoms with van der Waals surface area (Å²) in [6.07, 6.45) is 3.65. The molecule has 5 heteroatoms. The average molecular weight is 276 g/mol. The van der Waals surface area contributed by atoms with E-state index in [0.29, 0.717) is 12.1 Å². The van der Waals surface area contributed by atoms with E-state index in [-0.39, 0.29) is 16.7 Å². The Morgan fingerprint density at radius 3 is 2.35 bits per heavy atom.